The number of methoxy groups -OCH3 is 1. The van der Waals surface area contributed by atoms with Gasteiger partial charge in [0.15, 0.2) is 5.13 Å². The molecule has 1 N–H and O–H groups in total. The van der Waals surface area contributed by atoms with Crippen molar-refractivity contribution in [2.75, 3.05) is 25.6 Å². The first kappa shape index (κ1) is 10.4. The summed E-state index contributed by atoms with van der Waals surface area (Å²) in [7, 11) is 1.72. The molecule has 0 aliphatic rings. The number of hydrogen-bond donors (Lipinski definition) is 1. The summed E-state index contributed by atoms with van der Waals surface area (Å²) in [5, 5.41) is 4.29. The third-order valence-electron chi connectivity index (χ3n) is 2.10. The number of nitrogens with one attached hydrogen (secondary N) is 1. The Morgan fingerprint density at radius 2 is 2.27 bits per heavy atom. The van der Waals surface area contributed by atoms with Gasteiger partial charge in [-0.1, -0.05) is 23.5 Å². The van der Waals surface area contributed by atoms with Gasteiger partial charge in [-0.25, -0.2) is 4.98 Å². The van der Waals surface area contributed by atoms with Crippen molar-refractivity contribution in [1.82, 2.24) is 4.98 Å². The molecule has 0 radical (unpaired) electrons. The number of anilines is 1. The first-order chi connectivity index (χ1) is 7.40. The average Bonchev–Trinajstić information content (AvgIpc) is 2.67. The van der Waals surface area contributed by atoms with Gasteiger partial charge in [-0.15, -0.1) is 0 Å². The molecule has 1 aromatic heterocycles. The van der Waals surface area contributed by atoms with Crippen molar-refractivity contribution >= 4 is 26.7 Å². The molecule has 0 spiro atoms. The van der Waals surface area contributed by atoms with E-state index in [1.165, 1.54) is 4.70 Å². The molecule has 1 aromatic carbocycles. The second-order valence-corrected chi connectivity index (χ2v) is 4.29. The summed E-state index contributed by atoms with van der Waals surface area (Å²) in [5.74, 6) is 0. The minimum absolute atomic E-state index is 0.790. The standard InChI is InChI=1S/C11H14N2OS/c1-14-8-4-7-12-11-13-9-5-2-3-6-10(9)15-11/h2-3,5-6H,4,7-8H2,1H3,(H,12,13). The van der Waals surface area contributed by atoms with E-state index in [1.807, 2.05) is 18.2 Å². The summed E-state index contributed by atoms with van der Waals surface area (Å²) < 4.78 is 6.21. The quantitative estimate of drug-likeness (QED) is 0.790. The lowest BCUT2D eigenvalue weighted by molar-refractivity contribution is 0.198. The fourth-order valence-corrected chi connectivity index (χ4v) is 2.25. The first-order valence-corrected chi connectivity index (χ1v) is 5.80. The van der Waals surface area contributed by atoms with Gasteiger partial charge in [-0.2, -0.15) is 0 Å². The SMILES string of the molecule is COCCCNc1nc2ccccc2s1. The molecule has 80 valence electrons. The molecular weight excluding hydrogens is 208 g/mol. The van der Waals surface area contributed by atoms with Gasteiger partial charge in [-0.05, 0) is 18.6 Å². The maximum Gasteiger partial charge on any atom is 0.183 e. The molecule has 3 nitrogen and oxygen atoms in total. The van der Waals surface area contributed by atoms with E-state index in [-0.39, 0.29) is 0 Å². The third kappa shape index (κ3) is 2.67. The topological polar surface area (TPSA) is 34.1 Å². The highest BCUT2D eigenvalue weighted by atomic mass is 32.1. The maximum atomic E-state index is 4.98. The highest BCUT2D eigenvalue weighted by Crippen LogP contribution is 2.24. The number of ether oxygens (including phenoxy) is 1. The average molecular weight is 222 g/mol. The zero-order chi connectivity index (χ0) is 10.5. The van der Waals surface area contributed by atoms with Crippen LogP contribution in [0.5, 0.6) is 0 Å². The molecule has 0 saturated carbocycles. The Morgan fingerprint density at radius 1 is 1.40 bits per heavy atom. The number of nitrogens with zero attached hydrogens (tertiary/aromatic N) is 1. The summed E-state index contributed by atoms with van der Waals surface area (Å²) in [4.78, 5) is 4.48. The van der Waals surface area contributed by atoms with E-state index in [0.29, 0.717) is 0 Å². The van der Waals surface area contributed by atoms with Crippen LogP contribution in [0.1, 0.15) is 6.42 Å². The van der Waals surface area contributed by atoms with E-state index >= 15 is 0 Å². The van der Waals surface area contributed by atoms with E-state index in [2.05, 4.69) is 16.4 Å². The zero-order valence-corrected chi connectivity index (χ0v) is 9.51. The van der Waals surface area contributed by atoms with Crippen LogP contribution in [0, 0.1) is 0 Å². The minimum atomic E-state index is 0.790. The smallest absolute Gasteiger partial charge is 0.183 e. The Morgan fingerprint density at radius 3 is 3.07 bits per heavy atom. The molecule has 2 rings (SSSR count). The molecule has 0 unspecified atom stereocenters. The van der Waals surface area contributed by atoms with Crippen molar-refractivity contribution in [1.29, 1.82) is 0 Å². The van der Waals surface area contributed by atoms with Crippen molar-refractivity contribution < 1.29 is 4.74 Å². The molecule has 0 atom stereocenters. The molecule has 2 aromatic rings. The molecule has 0 aliphatic carbocycles. The second-order valence-electron chi connectivity index (χ2n) is 3.26. The van der Waals surface area contributed by atoms with Crippen LogP contribution in [0.15, 0.2) is 24.3 Å². The van der Waals surface area contributed by atoms with Crippen LogP contribution < -0.4 is 5.32 Å². The Bertz CT molecular complexity index is 394. The van der Waals surface area contributed by atoms with Crippen LogP contribution in [-0.2, 0) is 4.74 Å². The molecule has 0 fully saturated rings. The molecule has 15 heavy (non-hydrogen) atoms. The van der Waals surface area contributed by atoms with Gasteiger partial charge in [0, 0.05) is 20.3 Å². The lowest BCUT2D eigenvalue weighted by atomic mass is 10.3. The Balaban J connectivity index is 1.97. The van der Waals surface area contributed by atoms with Gasteiger partial charge in [-0.3, -0.25) is 0 Å². The highest BCUT2D eigenvalue weighted by Gasteiger charge is 2.00. The lowest BCUT2D eigenvalue weighted by Crippen LogP contribution is -2.03. The van der Waals surface area contributed by atoms with Gasteiger partial charge in [0.1, 0.15) is 0 Å². The van der Waals surface area contributed by atoms with Gasteiger partial charge in [0.2, 0.25) is 0 Å². The predicted molar refractivity (Wildman–Crippen MR) is 64.6 cm³/mol. The summed E-state index contributed by atoms with van der Waals surface area (Å²) >= 11 is 1.69. The van der Waals surface area contributed by atoms with E-state index in [1.54, 1.807) is 18.4 Å². The van der Waals surface area contributed by atoms with Crippen molar-refractivity contribution in [3.05, 3.63) is 24.3 Å². The van der Waals surface area contributed by atoms with E-state index in [4.69, 9.17) is 4.74 Å². The van der Waals surface area contributed by atoms with Gasteiger partial charge in [0.05, 0.1) is 10.2 Å². The van der Waals surface area contributed by atoms with E-state index in [0.717, 1.165) is 30.2 Å². The fraction of sp³-hybridized carbons (Fsp3) is 0.364. The van der Waals surface area contributed by atoms with Crippen LogP contribution in [0.3, 0.4) is 0 Å². The summed E-state index contributed by atoms with van der Waals surface area (Å²) in [6.07, 6.45) is 1.01. The second kappa shape index (κ2) is 5.09. The van der Waals surface area contributed by atoms with Gasteiger partial charge >= 0.3 is 0 Å². The largest absolute Gasteiger partial charge is 0.385 e. The number of thiazole rings is 1. The van der Waals surface area contributed by atoms with Gasteiger partial charge < -0.3 is 10.1 Å². The van der Waals surface area contributed by atoms with Crippen LogP contribution in [0.25, 0.3) is 10.2 Å². The number of hydrogen-bond acceptors (Lipinski definition) is 4. The first-order valence-electron chi connectivity index (χ1n) is 4.98. The molecule has 1 heterocycles. The van der Waals surface area contributed by atoms with Crippen molar-refractivity contribution in [3.8, 4) is 0 Å². The molecular formula is C11H14N2OS. The number of rotatable bonds is 5. The summed E-state index contributed by atoms with van der Waals surface area (Å²) in [6, 6.07) is 8.17. The minimum Gasteiger partial charge on any atom is -0.385 e. The number of benzene rings is 1. The molecule has 0 bridgehead atoms. The van der Waals surface area contributed by atoms with Crippen LogP contribution >= 0.6 is 11.3 Å². The van der Waals surface area contributed by atoms with Crippen molar-refractivity contribution in [2.45, 2.75) is 6.42 Å². The number of para-hydroxylation sites is 1. The molecule has 0 aliphatic heterocycles. The predicted octanol–water partition coefficient (Wildman–Crippen LogP) is 2.74. The maximum absolute atomic E-state index is 4.98. The summed E-state index contributed by atoms with van der Waals surface area (Å²) in [6.45, 7) is 1.70. The van der Waals surface area contributed by atoms with E-state index in [9.17, 15) is 0 Å². The van der Waals surface area contributed by atoms with Crippen molar-refractivity contribution in [3.63, 3.8) is 0 Å². The molecule has 0 saturated heterocycles. The normalized spacial score (nSPS) is 10.7. The van der Waals surface area contributed by atoms with Crippen molar-refractivity contribution in [2.24, 2.45) is 0 Å². The van der Waals surface area contributed by atoms with E-state index < -0.39 is 0 Å². The van der Waals surface area contributed by atoms with Gasteiger partial charge in [0.25, 0.3) is 0 Å². The Kier molecular flexibility index (Phi) is 3.53. The monoisotopic (exact) mass is 222 g/mol. The van der Waals surface area contributed by atoms with Crippen LogP contribution in [0.4, 0.5) is 5.13 Å². The third-order valence-corrected chi connectivity index (χ3v) is 3.09. The zero-order valence-electron chi connectivity index (χ0n) is 8.69. The molecule has 4 heteroatoms. The Labute approximate surface area is 93.1 Å². The Hall–Kier alpha value is -1.13. The highest BCUT2D eigenvalue weighted by molar-refractivity contribution is 7.22. The lowest BCUT2D eigenvalue weighted by Gasteiger charge is -2.00. The van der Waals surface area contributed by atoms with Crippen LogP contribution in [-0.4, -0.2) is 25.2 Å². The number of aromatic nitrogens is 1. The molecule has 0 amide bonds. The number of fused-ring (bicyclic) bond motifs is 1. The van der Waals surface area contributed by atoms with Crippen LogP contribution in [0.2, 0.25) is 0 Å². The fourth-order valence-electron chi connectivity index (χ4n) is 1.36. The summed E-state index contributed by atoms with van der Waals surface area (Å²) in [5.41, 5.74) is 1.07.